The Labute approximate surface area is 163 Å². The van der Waals surface area contributed by atoms with Crippen molar-refractivity contribution in [2.75, 3.05) is 25.6 Å². The first-order valence-corrected chi connectivity index (χ1v) is 9.16. The molecule has 0 fully saturated rings. The predicted octanol–water partition coefficient (Wildman–Crippen LogP) is 2.72. The molecule has 28 heavy (non-hydrogen) atoms. The van der Waals surface area contributed by atoms with Crippen molar-refractivity contribution in [3.8, 4) is 11.4 Å². The molecule has 3 rings (SSSR count). The Kier molecular flexibility index (Phi) is 5.56. The van der Waals surface area contributed by atoms with Crippen LogP contribution in [0.4, 0.5) is 5.82 Å². The topological polar surface area (TPSA) is 104 Å². The second-order valence-corrected chi connectivity index (χ2v) is 6.65. The summed E-state index contributed by atoms with van der Waals surface area (Å²) in [5, 5.41) is 10.2. The maximum atomic E-state index is 13.4. The number of carbonyl (C=O) groups is 1. The molecule has 2 heterocycles. The molecule has 0 radical (unpaired) electrons. The Morgan fingerprint density at radius 1 is 1.36 bits per heavy atom. The number of aromatic hydroxyl groups is 1. The van der Waals surface area contributed by atoms with Crippen molar-refractivity contribution in [3.05, 3.63) is 56.9 Å². The Morgan fingerprint density at radius 3 is 2.75 bits per heavy atom. The number of carbonyl (C=O) groups excluding carboxylic acids is 1. The van der Waals surface area contributed by atoms with Gasteiger partial charge in [-0.2, -0.15) is 0 Å². The number of pyridine rings is 1. The fourth-order valence-corrected chi connectivity index (χ4v) is 3.40. The highest BCUT2D eigenvalue weighted by Crippen LogP contribution is 2.30. The molecule has 0 saturated carbocycles. The van der Waals surface area contributed by atoms with E-state index in [0.29, 0.717) is 36.4 Å². The summed E-state index contributed by atoms with van der Waals surface area (Å²) in [4.78, 5) is 25.9. The molecule has 3 N–H and O–H groups in total. The normalized spacial score (nSPS) is 13.9. The quantitative estimate of drug-likeness (QED) is 0.786. The lowest BCUT2D eigenvalue weighted by Crippen LogP contribution is -2.29. The van der Waals surface area contributed by atoms with E-state index < -0.39 is 5.97 Å². The summed E-state index contributed by atoms with van der Waals surface area (Å²) in [6, 6.07) is 4.76. The van der Waals surface area contributed by atoms with E-state index in [4.69, 9.17) is 15.2 Å². The first kappa shape index (κ1) is 19.7. The predicted molar refractivity (Wildman–Crippen MR) is 107 cm³/mol. The second kappa shape index (κ2) is 7.90. The zero-order valence-electron chi connectivity index (χ0n) is 16.2. The summed E-state index contributed by atoms with van der Waals surface area (Å²) < 4.78 is 11.8. The number of rotatable bonds is 4. The molecule has 148 valence electrons. The van der Waals surface area contributed by atoms with Gasteiger partial charge in [-0.05, 0) is 50.5 Å². The average molecular weight is 384 g/mol. The maximum Gasteiger partial charge on any atom is 0.341 e. The largest absolute Gasteiger partial charge is 0.508 e. The van der Waals surface area contributed by atoms with Gasteiger partial charge in [0.1, 0.15) is 17.1 Å². The summed E-state index contributed by atoms with van der Waals surface area (Å²) >= 11 is 0. The van der Waals surface area contributed by atoms with Gasteiger partial charge in [-0.25, -0.2) is 4.79 Å². The van der Waals surface area contributed by atoms with Crippen LogP contribution in [0, 0.1) is 13.8 Å². The molecule has 0 bridgehead atoms. The Bertz CT molecular complexity index is 1020. The number of aromatic nitrogens is 1. The lowest BCUT2D eigenvalue weighted by atomic mass is 9.99. The van der Waals surface area contributed by atoms with Crippen molar-refractivity contribution in [3.63, 3.8) is 0 Å². The van der Waals surface area contributed by atoms with Crippen LogP contribution in [0.5, 0.6) is 5.75 Å². The van der Waals surface area contributed by atoms with Gasteiger partial charge in [-0.15, -0.1) is 0 Å². The number of nitrogens with two attached hydrogens (primary N) is 1. The third-order valence-electron chi connectivity index (χ3n) is 4.87. The van der Waals surface area contributed by atoms with E-state index in [2.05, 4.69) is 0 Å². The first-order chi connectivity index (χ1) is 13.4. The number of esters is 1. The molecule has 0 unspecified atom stereocenters. The van der Waals surface area contributed by atoms with Gasteiger partial charge in [-0.3, -0.25) is 9.36 Å². The van der Waals surface area contributed by atoms with Gasteiger partial charge in [0, 0.05) is 11.1 Å². The Balaban J connectivity index is 2.38. The van der Waals surface area contributed by atoms with Crippen LogP contribution in [0.3, 0.4) is 0 Å². The lowest BCUT2D eigenvalue weighted by Gasteiger charge is -2.21. The number of nitrogen functional groups attached to an aromatic ring is 1. The van der Waals surface area contributed by atoms with Crippen LogP contribution in [-0.4, -0.2) is 35.5 Å². The SMILES string of the molecule is CCOC(=O)c1cc(C2=CCOCC2)c(=O)n(-c2c(C)ccc(O)c2C)c1N. The molecule has 7 heteroatoms. The number of aryl methyl sites for hydroxylation is 1. The molecule has 2 aromatic rings. The van der Waals surface area contributed by atoms with Crippen molar-refractivity contribution in [2.24, 2.45) is 0 Å². The molecule has 1 aromatic heterocycles. The van der Waals surface area contributed by atoms with E-state index in [1.807, 2.05) is 13.0 Å². The van der Waals surface area contributed by atoms with Gasteiger partial charge in [-0.1, -0.05) is 12.1 Å². The fourth-order valence-electron chi connectivity index (χ4n) is 3.40. The number of ether oxygens (including phenoxy) is 2. The van der Waals surface area contributed by atoms with Crippen molar-refractivity contribution in [1.82, 2.24) is 4.57 Å². The molecular formula is C21H24N2O5. The second-order valence-electron chi connectivity index (χ2n) is 6.65. The minimum absolute atomic E-state index is 0.0170. The average Bonchev–Trinajstić information content (AvgIpc) is 2.68. The van der Waals surface area contributed by atoms with Crippen LogP contribution in [0.1, 0.15) is 40.4 Å². The summed E-state index contributed by atoms with van der Waals surface area (Å²) in [5.74, 6) is -0.574. The van der Waals surface area contributed by atoms with Crippen LogP contribution in [0.15, 0.2) is 29.1 Å². The third kappa shape index (κ3) is 3.41. The van der Waals surface area contributed by atoms with Crippen molar-refractivity contribution >= 4 is 17.4 Å². The smallest absolute Gasteiger partial charge is 0.341 e. The molecule has 0 saturated heterocycles. The lowest BCUT2D eigenvalue weighted by molar-refractivity contribution is 0.0527. The van der Waals surface area contributed by atoms with E-state index in [9.17, 15) is 14.7 Å². The van der Waals surface area contributed by atoms with Gasteiger partial charge >= 0.3 is 5.97 Å². The highest BCUT2D eigenvalue weighted by atomic mass is 16.5. The molecule has 1 aliphatic heterocycles. The van der Waals surface area contributed by atoms with E-state index in [-0.39, 0.29) is 29.3 Å². The summed E-state index contributed by atoms with van der Waals surface area (Å²) in [7, 11) is 0. The van der Waals surface area contributed by atoms with Crippen molar-refractivity contribution in [1.29, 1.82) is 0 Å². The number of hydrogen-bond donors (Lipinski definition) is 2. The van der Waals surface area contributed by atoms with Crippen LogP contribution in [0.2, 0.25) is 0 Å². The fraction of sp³-hybridized carbons (Fsp3) is 0.333. The summed E-state index contributed by atoms with van der Waals surface area (Å²) in [5.41, 5.74) is 8.92. The number of hydrogen-bond acceptors (Lipinski definition) is 6. The van der Waals surface area contributed by atoms with Crippen LogP contribution in [-0.2, 0) is 9.47 Å². The van der Waals surface area contributed by atoms with E-state index in [1.54, 1.807) is 26.0 Å². The molecule has 0 spiro atoms. The third-order valence-corrected chi connectivity index (χ3v) is 4.87. The first-order valence-electron chi connectivity index (χ1n) is 9.16. The van der Waals surface area contributed by atoms with Gasteiger partial charge in [0.15, 0.2) is 0 Å². The minimum Gasteiger partial charge on any atom is -0.508 e. The monoisotopic (exact) mass is 384 g/mol. The molecule has 0 amide bonds. The number of benzene rings is 1. The van der Waals surface area contributed by atoms with Gasteiger partial charge in [0.05, 0.1) is 25.5 Å². The van der Waals surface area contributed by atoms with E-state index >= 15 is 0 Å². The Hall–Kier alpha value is -3.06. The Morgan fingerprint density at radius 2 is 2.11 bits per heavy atom. The highest BCUT2D eigenvalue weighted by Gasteiger charge is 2.24. The molecule has 0 aliphatic carbocycles. The number of phenolic OH excluding ortho intramolecular Hbond substituents is 1. The standard InChI is InChI=1S/C21H24N2O5/c1-4-28-21(26)16-11-15(14-7-9-27-10-8-14)20(25)23(19(16)22)18-12(2)5-6-17(24)13(18)3/h5-7,11,24H,4,8-10,22H2,1-3H3. The molecule has 1 aromatic carbocycles. The van der Waals surface area contributed by atoms with Crippen LogP contribution >= 0.6 is 0 Å². The molecular weight excluding hydrogens is 360 g/mol. The van der Waals surface area contributed by atoms with E-state index in [0.717, 1.165) is 11.1 Å². The van der Waals surface area contributed by atoms with Gasteiger partial charge in [0.25, 0.3) is 5.56 Å². The number of nitrogens with zero attached hydrogens (tertiary/aromatic N) is 1. The highest BCUT2D eigenvalue weighted by molar-refractivity contribution is 5.95. The molecule has 7 nitrogen and oxygen atoms in total. The number of phenols is 1. The summed E-state index contributed by atoms with van der Waals surface area (Å²) in [6.45, 7) is 6.31. The van der Waals surface area contributed by atoms with Crippen molar-refractivity contribution < 1.29 is 19.4 Å². The zero-order chi connectivity index (χ0) is 20.4. The number of anilines is 1. The summed E-state index contributed by atoms with van der Waals surface area (Å²) in [6.07, 6.45) is 2.39. The molecule has 1 aliphatic rings. The van der Waals surface area contributed by atoms with Crippen LogP contribution in [0.25, 0.3) is 11.3 Å². The maximum absolute atomic E-state index is 13.4. The zero-order valence-corrected chi connectivity index (χ0v) is 16.2. The van der Waals surface area contributed by atoms with Crippen LogP contribution < -0.4 is 11.3 Å². The van der Waals surface area contributed by atoms with Crippen molar-refractivity contribution in [2.45, 2.75) is 27.2 Å². The van der Waals surface area contributed by atoms with Gasteiger partial charge in [0.2, 0.25) is 0 Å². The molecule has 0 atom stereocenters. The van der Waals surface area contributed by atoms with Gasteiger partial charge < -0.3 is 20.3 Å². The van der Waals surface area contributed by atoms with E-state index in [1.165, 1.54) is 10.6 Å². The minimum atomic E-state index is -0.599.